The van der Waals surface area contributed by atoms with Gasteiger partial charge in [-0.2, -0.15) is 0 Å². The van der Waals surface area contributed by atoms with Crippen molar-refractivity contribution in [1.82, 2.24) is 0 Å². The first-order valence-corrected chi connectivity index (χ1v) is 7.94. The molecule has 0 bridgehead atoms. The van der Waals surface area contributed by atoms with Gasteiger partial charge >= 0.3 is 0 Å². The Balaban J connectivity index is 0. The zero-order chi connectivity index (χ0) is 12.6. The quantitative estimate of drug-likeness (QED) is 0.346. The van der Waals surface area contributed by atoms with Gasteiger partial charge in [-0.05, 0) is 60.0 Å². The summed E-state index contributed by atoms with van der Waals surface area (Å²) >= 11 is 0. The van der Waals surface area contributed by atoms with E-state index >= 15 is 0 Å². The molecule has 0 N–H and O–H groups in total. The summed E-state index contributed by atoms with van der Waals surface area (Å²) < 4.78 is 0. The SMILES string of the molecule is CC(C)=CCP(CC=C(C)C)CC=C(C)C.[Rh]. The second kappa shape index (κ2) is 11.4. The van der Waals surface area contributed by atoms with E-state index in [0.717, 1.165) is 0 Å². The van der Waals surface area contributed by atoms with Crippen molar-refractivity contribution in [2.24, 2.45) is 0 Å². The first-order valence-electron chi connectivity index (χ1n) is 6.04. The Morgan fingerprint density at radius 3 is 1.06 bits per heavy atom. The molecule has 0 unspecified atom stereocenters. The molecule has 0 aromatic heterocycles. The largest absolute Gasteiger partial charge is 0.0951 e. The molecule has 0 fully saturated rings. The molecular weight excluding hydrogens is 314 g/mol. The summed E-state index contributed by atoms with van der Waals surface area (Å²) in [6.45, 7) is 13.1. The second-order valence-electron chi connectivity index (χ2n) is 5.06. The van der Waals surface area contributed by atoms with Crippen molar-refractivity contribution in [3.05, 3.63) is 34.9 Å². The van der Waals surface area contributed by atoms with E-state index in [-0.39, 0.29) is 27.4 Å². The van der Waals surface area contributed by atoms with Crippen LogP contribution >= 0.6 is 7.92 Å². The van der Waals surface area contributed by atoms with E-state index in [1.165, 1.54) is 35.2 Å². The topological polar surface area (TPSA) is 0 Å². The zero-order valence-corrected chi connectivity index (χ0v) is 14.7. The van der Waals surface area contributed by atoms with E-state index in [0.29, 0.717) is 0 Å². The molecule has 0 heterocycles. The third kappa shape index (κ3) is 14.2. The minimum Gasteiger partial charge on any atom is -0.0951 e. The maximum absolute atomic E-state index is 2.39. The molecule has 0 amide bonds. The molecule has 0 atom stereocenters. The van der Waals surface area contributed by atoms with Gasteiger partial charge in [-0.15, -0.1) is 0 Å². The summed E-state index contributed by atoms with van der Waals surface area (Å²) in [5, 5.41) is 0. The van der Waals surface area contributed by atoms with E-state index in [1.807, 2.05) is 0 Å². The molecule has 0 aromatic carbocycles. The molecule has 0 spiro atoms. The van der Waals surface area contributed by atoms with E-state index < -0.39 is 0 Å². The van der Waals surface area contributed by atoms with Gasteiger partial charge in [0.15, 0.2) is 0 Å². The van der Waals surface area contributed by atoms with Crippen LogP contribution in [0.4, 0.5) is 0 Å². The van der Waals surface area contributed by atoms with Crippen LogP contribution in [0.1, 0.15) is 41.5 Å². The van der Waals surface area contributed by atoms with Gasteiger partial charge in [0, 0.05) is 19.5 Å². The molecule has 0 rings (SSSR count). The fourth-order valence-electron chi connectivity index (χ4n) is 1.16. The van der Waals surface area contributed by atoms with Crippen molar-refractivity contribution in [3.8, 4) is 0 Å². The molecule has 17 heavy (non-hydrogen) atoms. The zero-order valence-electron chi connectivity index (χ0n) is 12.1. The molecule has 0 aliphatic heterocycles. The van der Waals surface area contributed by atoms with Gasteiger partial charge in [0.1, 0.15) is 0 Å². The van der Waals surface area contributed by atoms with Crippen LogP contribution in [-0.2, 0) is 19.5 Å². The number of allylic oxidation sites excluding steroid dienone is 6. The van der Waals surface area contributed by atoms with Gasteiger partial charge in [-0.1, -0.05) is 42.9 Å². The Morgan fingerprint density at radius 1 is 0.647 bits per heavy atom. The summed E-state index contributed by atoms with van der Waals surface area (Å²) in [5.41, 5.74) is 4.34. The molecule has 2 heteroatoms. The van der Waals surface area contributed by atoms with E-state index in [1.54, 1.807) is 0 Å². The molecule has 101 valence electrons. The third-order valence-electron chi connectivity index (χ3n) is 2.27. The van der Waals surface area contributed by atoms with Gasteiger partial charge in [-0.3, -0.25) is 0 Å². The van der Waals surface area contributed by atoms with Crippen LogP contribution in [0, 0.1) is 0 Å². The number of rotatable bonds is 6. The summed E-state index contributed by atoms with van der Waals surface area (Å²) in [5.74, 6) is 0. The predicted octanol–water partition coefficient (Wildman–Crippen LogP) is 5.36. The maximum Gasteiger partial charge on any atom is 0 e. The van der Waals surface area contributed by atoms with Crippen molar-refractivity contribution in [2.75, 3.05) is 18.5 Å². The normalized spacial score (nSPS) is 9.35. The van der Waals surface area contributed by atoms with Crippen molar-refractivity contribution in [3.63, 3.8) is 0 Å². The monoisotopic (exact) mass is 341 g/mol. The van der Waals surface area contributed by atoms with E-state index in [4.69, 9.17) is 0 Å². The Bertz CT molecular complexity index is 228. The minimum absolute atomic E-state index is 0. The molecule has 1 radical (unpaired) electrons. The third-order valence-corrected chi connectivity index (χ3v) is 4.37. The van der Waals surface area contributed by atoms with Gasteiger partial charge in [0.05, 0.1) is 0 Å². The first kappa shape index (κ1) is 19.6. The number of hydrogen-bond acceptors (Lipinski definition) is 0. The Hall–Kier alpha value is 0.273. The van der Waals surface area contributed by atoms with Gasteiger partial charge in [0.25, 0.3) is 0 Å². The smallest absolute Gasteiger partial charge is 0 e. The average molecular weight is 341 g/mol. The van der Waals surface area contributed by atoms with Crippen LogP contribution in [0.5, 0.6) is 0 Å². The molecule has 0 nitrogen and oxygen atoms in total. The minimum atomic E-state index is 0. The maximum atomic E-state index is 2.39. The Morgan fingerprint density at radius 2 is 0.882 bits per heavy atom. The predicted molar refractivity (Wildman–Crippen MR) is 79.8 cm³/mol. The first-order chi connectivity index (χ1) is 7.41. The Kier molecular flexibility index (Phi) is 13.1. The fraction of sp³-hybridized carbons (Fsp3) is 0.600. The summed E-state index contributed by atoms with van der Waals surface area (Å²) in [6, 6.07) is 0. The molecule has 0 saturated carbocycles. The standard InChI is InChI=1S/C15H27P.Rh/c1-13(2)7-10-16(11-8-14(3)4)12-9-15(5)6;/h7-9H,10-12H2,1-6H3;. The van der Waals surface area contributed by atoms with Gasteiger partial charge in [0.2, 0.25) is 0 Å². The van der Waals surface area contributed by atoms with Crippen LogP contribution in [0.15, 0.2) is 34.9 Å². The molecule has 0 aromatic rings. The average Bonchev–Trinajstić information content (AvgIpc) is 2.15. The summed E-state index contributed by atoms with van der Waals surface area (Å²) in [4.78, 5) is 0. The molecule has 0 aliphatic carbocycles. The van der Waals surface area contributed by atoms with E-state index in [9.17, 15) is 0 Å². The fourth-order valence-corrected chi connectivity index (χ4v) is 3.48. The van der Waals surface area contributed by atoms with Crippen LogP contribution < -0.4 is 0 Å². The second-order valence-corrected chi connectivity index (χ2v) is 7.50. The Labute approximate surface area is 122 Å². The van der Waals surface area contributed by atoms with Gasteiger partial charge < -0.3 is 0 Å². The summed E-state index contributed by atoms with van der Waals surface area (Å²) in [7, 11) is 0.113. The van der Waals surface area contributed by atoms with Crippen LogP contribution in [0.2, 0.25) is 0 Å². The van der Waals surface area contributed by atoms with Gasteiger partial charge in [-0.25, -0.2) is 0 Å². The molecule has 0 saturated heterocycles. The van der Waals surface area contributed by atoms with Crippen molar-refractivity contribution in [1.29, 1.82) is 0 Å². The van der Waals surface area contributed by atoms with Crippen molar-refractivity contribution in [2.45, 2.75) is 41.5 Å². The van der Waals surface area contributed by atoms with Crippen LogP contribution in [0.25, 0.3) is 0 Å². The van der Waals surface area contributed by atoms with Crippen molar-refractivity contribution >= 4 is 7.92 Å². The van der Waals surface area contributed by atoms with Crippen LogP contribution in [0.3, 0.4) is 0 Å². The number of hydrogen-bond donors (Lipinski definition) is 0. The van der Waals surface area contributed by atoms with E-state index in [2.05, 4.69) is 59.8 Å². The molecule has 0 aliphatic rings. The molecular formula is C15H27PRh. The van der Waals surface area contributed by atoms with Crippen LogP contribution in [-0.4, -0.2) is 18.5 Å². The van der Waals surface area contributed by atoms with Crippen molar-refractivity contribution < 1.29 is 19.5 Å². The summed E-state index contributed by atoms with van der Waals surface area (Å²) in [6.07, 6.45) is 11.0.